The van der Waals surface area contributed by atoms with E-state index in [1.54, 1.807) is 0 Å². The van der Waals surface area contributed by atoms with Gasteiger partial charge in [-0.25, -0.2) is 15.0 Å². The predicted molar refractivity (Wildman–Crippen MR) is 233 cm³/mol. The summed E-state index contributed by atoms with van der Waals surface area (Å²) in [5, 5.41) is 0. The van der Waals surface area contributed by atoms with Crippen LogP contribution in [-0.2, 0) is 6.42 Å². The van der Waals surface area contributed by atoms with Crippen LogP contribution in [0.4, 0.5) is 0 Å². The van der Waals surface area contributed by atoms with Crippen molar-refractivity contribution in [2.24, 2.45) is 0 Å². The Balaban J connectivity index is 0.00000410. The third-order valence-electron chi connectivity index (χ3n) is 10.6. The molecule has 0 saturated heterocycles. The number of hydrogen-bond acceptors (Lipinski definition) is 3. The van der Waals surface area contributed by atoms with Crippen molar-refractivity contribution >= 4 is 0 Å². The van der Waals surface area contributed by atoms with Crippen molar-refractivity contribution in [3.8, 4) is 89.8 Å². The largest absolute Gasteiger partial charge is 0.208 e. The average molecular weight is 718 g/mol. The summed E-state index contributed by atoms with van der Waals surface area (Å²) < 4.78 is 0. The van der Waals surface area contributed by atoms with Gasteiger partial charge in [0.05, 0.1) is 0 Å². The Morgan fingerprint density at radius 1 is 0.250 bits per heavy atom. The third kappa shape index (κ3) is 6.50. The molecule has 0 saturated carbocycles. The molecule has 0 N–H and O–H groups in total. The lowest BCUT2D eigenvalue weighted by molar-refractivity contribution is 1.07. The number of rotatable bonds is 7. The Bertz CT molecular complexity index is 2760. The maximum absolute atomic E-state index is 5.13. The summed E-state index contributed by atoms with van der Waals surface area (Å²) in [6.45, 7) is 0. The van der Waals surface area contributed by atoms with Crippen molar-refractivity contribution in [3.05, 3.63) is 211 Å². The first-order valence-electron chi connectivity index (χ1n) is 18.7. The first kappa shape index (κ1) is 34.5. The van der Waals surface area contributed by atoms with Gasteiger partial charge >= 0.3 is 0 Å². The predicted octanol–water partition coefficient (Wildman–Crippen LogP) is 13.7. The van der Waals surface area contributed by atoms with Gasteiger partial charge in [0.2, 0.25) is 0 Å². The summed E-state index contributed by atoms with van der Waals surface area (Å²) in [4.78, 5) is 15.2. The minimum absolute atomic E-state index is 0. The molecular formula is C53H39N3. The first-order valence-corrected chi connectivity index (χ1v) is 18.7. The molecule has 10 rings (SSSR count). The minimum Gasteiger partial charge on any atom is -0.208 e. The number of aromatic nitrogens is 3. The van der Waals surface area contributed by atoms with Crippen molar-refractivity contribution in [2.75, 3.05) is 0 Å². The van der Waals surface area contributed by atoms with Crippen molar-refractivity contribution in [1.82, 2.24) is 15.0 Å². The number of hydrogen-bond donors (Lipinski definition) is 0. The van der Waals surface area contributed by atoms with E-state index in [9.17, 15) is 0 Å². The second-order valence-electron chi connectivity index (χ2n) is 14.0. The number of benzene rings is 8. The molecule has 1 aliphatic carbocycles. The molecule has 266 valence electrons. The molecule has 3 nitrogen and oxygen atoms in total. The Morgan fingerprint density at radius 2 is 0.589 bits per heavy atom. The molecule has 0 unspecified atom stereocenters. The van der Waals surface area contributed by atoms with Gasteiger partial charge in [0.15, 0.2) is 17.5 Å². The van der Waals surface area contributed by atoms with Crippen LogP contribution in [0.25, 0.3) is 89.8 Å². The number of fused-ring (bicyclic) bond motifs is 3. The molecule has 0 aliphatic heterocycles. The molecule has 1 aliphatic rings. The highest BCUT2D eigenvalue weighted by Crippen LogP contribution is 2.46. The van der Waals surface area contributed by atoms with E-state index < -0.39 is 0 Å². The SMILES string of the molecule is C.c1ccc(-c2cccc(-c3cccc4c3Cc3c(-c5cc(-c6ccccc6)cc(-c6nc(-c7ccccc7)nc(-c7ccccc7)n6)c5)cccc3-4)c2)cc1. The van der Waals surface area contributed by atoms with E-state index in [2.05, 4.69) is 164 Å². The zero-order valence-electron chi connectivity index (χ0n) is 30.1. The molecule has 3 heteroatoms. The lowest BCUT2D eigenvalue weighted by Crippen LogP contribution is -2.00. The van der Waals surface area contributed by atoms with Crippen LogP contribution in [0.2, 0.25) is 0 Å². The van der Waals surface area contributed by atoms with Gasteiger partial charge in [-0.1, -0.05) is 183 Å². The molecule has 0 fully saturated rings. The van der Waals surface area contributed by atoms with E-state index in [0.717, 1.165) is 39.8 Å². The molecule has 8 aromatic carbocycles. The van der Waals surface area contributed by atoms with E-state index in [0.29, 0.717) is 17.5 Å². The summed E-state index contributed by atoms with van der Waals surface area (Å²) in [6.07, 6.45) is 0.847. The summed E-state index contributed by atoms with van der Waals surface area (Å²) in [5.41, 5.74) is 17.7. The highest BCUT2D eigenvalue weighted by molar-refractivity contribution is 5.91. The molecule has 9 aromatic rings. The molecule has 1 aromatic heterocycles. The van der Waals surface area contributed by atoms with Crippen LogP contribution < -0.4 is 0 Å². The fourth-order valence-corrected chi connectivity index (χ4v) is 7.92. The molecular weight excluding hydrogens is 679 g/mol. The minimum atomic E-state index is 0. The fourth-order valence-electron chi connectivity index (χ4n) is 7.92. The van der Waals surface area contributed by atoms with Crippen LogP contribution in [0, 0.1) is 0 Å². The lowest BCUT2D eigenvalue weighted by atomic mass is 9.91. The van der Waals surface area contributed by atoms with Gasteiger partial charge < -0.3 is 0 Å². The van der Waals surface area contributed by atoms with Crippen LogP contribution in [-0.4, -0.2) is 15.0 Å². The van der Waals surface area contributed by atoms with Crippen molar-refractivity contribution in [2.45, 2.75) is 13.8 Å². The van der Waals surface area contributed by atoms with E-state index in [-0.39, 0.29) is 7.43 Å². The van der Waals surface area contributed by atoms with Crippen LogP contribution in [0.15, 0.2) is 200 Å². The van der Waals surface area contributed by atoms with Gasteiger partial charge in [0.1, 0.15) is 0 Å². The topological polar surface area (TPSA) is 38.7 Å². The van der Waals surface area contributed by atoms with E-state index in [1.165, 1.54) is 50.1 Å². The standard InChI is InChI=1S/C52H35N3.CH4/c1-5-16-35(17-6-1)39-24-13-25-40(30-39)44-26-14-28-46-47-29-15-27-45(49(47)34-48(44)46)42-31-41(36-18-7-2-8-19-36)32-43(33-42)52-54-50(37-20-9-3-10-21-37)53-51(55-52)38-22-11-4-12-23-38;/h1-33H,34H2;1H4. The molecule has 0 spiro atoms. The van der Waals surface area contributed by atoms with E-state index in [1.807, 2.05) is 36.4 Å². The Labute approximate surface area is 328 Å². The van der Waals surface area contributed by atoms with Gasteiger partial charge in [-0.3, -0.25) is 0 Å². The maximum atomic E-state index is 5.13. The van der Waals surface area contributed by atoms with Crippen LogP contribution in [0.1, 0.15) is 18.6 Å². The molecule has 0 bridgehead atoms. The number of nitrogens with zero attached hydrogens (tertiary/aromatic N) is 3. The second kappa shape index (κ2) is 14.9. The molecule has 0 atom stereocenters. The highest BCUT2D eigenvalue weighted by Gasteiger charge is 2.25. The second-order valence-corrected chi connectivity index (χ2v) is 14.0. The van der Waals surface area contributed by atoms with E-state index in [4.69, 9.17) is 15.0 Å². The van der Waals surface area contributed by atoms with Crippen LogP contribution in [0.3, 0.4) is 0 Å². The van der Waals surface area contributed by atoms with Crippen molar-refractivity contribution < 1.29 is 0 Å². The fraction of sp³-hybridized carbons (Fsp3) is 0.0377. The Morgan fingerprint density at radius 3 is 1.12 bits per heavy atom. The maximum Gasteiger partial charge on any atom is 0.164 e. The summed E-state index contributed by atoms with van der Waals surface area (Å²) >= 11 is 0. The van der Waals surface area contributed by atoms with Crippen LogP contribution in [0.5, 0.6) is 0 Å². The summed E-state index contributed by atoms with van der Waals surface area (Å²) in [5.74, 6) is 1.94. The quantitative estimate of drug-likeness (QED) is 0.165. The van der Waals surface area contributed by atoms with Gasteiger partial charge in [-0.15, -0.1) is 0 Å². The van der Waals surface area contributed by atoms with Crippen molar-refractivity contribution in [1.29, 1.82) is 0 Å². The normalized spacial score (nSPS) is 11.4. The van der Waals surface area contributed by atoms with Crippen LogP contribution >= 0.6 is 0 Å². The zero-order valence-corrected chi connectivity index (χ0v) is 30.1. The average Bonchev–Trinajstić information content (AvgIpc) is 3.67. The smallest absolute Gasteiger partial charge is 0.164 e. The third-order valence-corrected chi connectivity index (χ3v) is 10.6. The molecule has 1 heterocycles. The Kier molecular flexibility index (Phi) is 9.18. The van der Waals surface area contributed by atoms with Gasteiger partial charge in [0, 0.05) is 16.7 Å². The highest BCUT2D eigenvalue weighted by atomic mass is 15.0. The lowest BCUT2D eigenvalue weighted by Gasteiger charge is -2.14. The molecule has 0 amide bonds. The molecule has 56 heavy (non-hydrogen) atoms. The summed E-state index contributed by atoms with van der Waals surface area (Å²) in [7, 11) is 0. The summed E-state index contributed by atoms with van der Waals surface area (Å²) in [6, 6.07) is 70.8. The zero-order chi connectivity index (χ0) is 36.6. The van der Waals surface area contributed by atoms with Gasteiger partial charge in [-0.2, -0.15) is 0 Å². The molecule has 0 radical (unpaired) electrons. The Hall–Kier alpha value is -7.23. The van der Waals surface area contributed by atoms with Gasteiger partial charge in [0.25, 0.3) is 0 Å². The van der Waals surface area contributed by atoms with Crippen molar-refractivity contribution in [3.63, 3.8) is 0 Å². The first-order chi connectivity index (χ1) is 27.2. The van der Waals surface area contributed by atoms with E-state index >= 15 is 0 Å². The monoisotopic (exact) mass is 717 g/mol. The van der Waals surface area contributed by atoms with Gasteiger partial charge in [-0.05, 0) is 97.4 Å².